The largest absolute Gasteiger partial charge is 0.416 e. The second-order valence-electron chi connectivity index (χ2n) is 4.94. The van der Waals surface area contributed by atoms with Crippen molar-refractivity contribution < 1.29 is 18.0 Å². The molecule has 0 bridgehead atoms. The van der Waals surface area contributed by atoms with Crippen LogP contribution in [-0.4, -0.2) is 23.9 Å². The Morgan fingerprint density at radius 2 is 1.74 bits per heavy atom. The molecule has 0 radical (unpaired) electrons. The van der Waals surface area contributed by atoms with Gasteiger partial charge >= 0.3 is 6.18 Å². The van der Waals surface area contributed by atoms with Crippen molar-refractivity contribution in [2.24, 2.45) is 0 Å². The first-order valence-corrected chi connectivity index (χ1v) is 6.36. The molecular formula is C14H16F3NO. The van der Waals surface area contributed by atoms with Crippen molar-refractivity contribution in [3.8, 4) is 0 Å². The minimum absolute atomic E-state index is 0.134. The molecule has 1 heterocycles. The molecule has 1 aliphatic heterocycles. The third-order valence-electron chi connectivity index (χ3n) is 3.29. The molecule has 19 heavy (non-hydrogen) atoms. The maximum atomic E-state index is 12.7. The number of nitrogens with zero attached hydrogens (tertiary/aromatic N) is 1. The van der Waals surface area contributed by atoms with Crippen molar-refractivity contribution in [2.45, 2.75) is 32.4 Å². The van der Waals surface area contributed by atoms with E-state index >= 15 is 0 Å². The quantitative estimate of drug-likeness (QED) is 0.763. The number of hydrogen-bond acceptors (Lipinski definition) is 1. The van der Waals surface area contributed by atoms with E-state index in [0.29, 0.717) is 18.7 Å². The van der Waals surface area contributed by atoms with Crippen LogP contribution in [0.3, 0.4) is 0 Å². The number of piperidine rings is 1. The lowest BCUT2D eigenvalue weighted by molar-refractivity contribution is -0.137. The van der Waals surface area contributed by atoms with Gasteiger partial charge in [-0.25, -0.2) is 0 Å². The van der Waals surface area contributed by atoms with E-state index < -0.39 is 11.7 Å². The highest BCUT2D eigenvalue weighted by Crippen LogP contribution is 2.31. The summed E-state index contributed by atoms with van der Waals surface area (Å²) in [4.78, 5) is 13.8. The molecule has 1 fully saturated rings. The van der Waals surface area contributed by atoms with Crippen LogP contribution >= 0.6 is 0 Å². The Balaban J connectivity index is 2.28. The molecular weight excluding hydrogens is 255 g/mol. The first kappa shape index (κ1) is 13.9. The average Bonchev–Trinajstić information content (AvgIpc) is 2.37. The minimum Gasteiger partial charge on any atom is -0.339 e. The zero-order valence-corrected chi connectivity index (χ0v) is 10.8. The third kappa shape index (κ3) is 3.28. The van der Waals surface area contributed by atoms with E-state index in [1.807, 2.05) is 0 Å². The summed E-state index contributed by atoms with van der Waals surface area (Å²) < 4.78 is 38.2. The number of amides is 1. The Kier molecular flexibility index (Phi) is 3.83. The van der Waals surface area contributed by atoms with E-state index in [0.717, 1.165) is 31.4 Å². The van der Waals surface area contributed by atoms with E-state index in [1.165, 1.54) is 6.07 Å². The fourth-order valence-electron chi connectivity index (χ4n) is 2.35. The van der Waals surface area contributed by atoms with Gasteiger partial charge in [0.1, 0.15) is 0 Å². The zero-order chi connectivity index (χ0) is 14.0. The SMILES string of the molecule is Cc1cc(C(=O)N2CCCCC2)cc(C(F)(F)F)c1. The van der Waals surface area contributed by atoms with E-state index in [-0.39, 0.29) is 11.5 Å². The second kappa shape index (κ2) is 5.23. The number of alkyl halides is 3. The molecule has 1 aromatic carbocycles. The summed E-state index contributed by atoms with van der Waals surface area (Å²) >= 11 is 0. The van der Waals surface area contributed by atoms with Crippen LogP contribution in [0, 0.1) is 6.92 Å². The Hall–Kier alpha value is -1.52. The number of rotatable bonds is 1. The van der Waals surface area contributed by atoms with Crippen molar-refractivity contribution in [3.63, 3.8) is 0 Å². The summed E-state index contributed by atoms with van der Waals surface area (Å²) in [7, 11) is 0. The van der Waals surface area contributed by atoms with E-state index in [1.54, 1.807) is 11.8 Å². The van der Waals surface area contributed by atoms with E-state index in [2.05, 4.69) is 0 Å². The fraction of sp³-hybridized carbons (Fsp3) is 0.500. The van der Waals surface area contributed by atoms with Crippen LogP contribution in [0.5, 0.6) is 0 Å². The number of halogens is 3. The Morgan fingerprint density at radius 3 is 2.32 bits per heavy atom. The Labute approximate surface area is 110 Å². The van der Waals surface area contributed by atoms with Crippen LogP contribution in [0.15, 0.2) is 18.2 Å². The van der Waals surface area contributed by atoms with Crippen LogP contribution in [0.25, 0.3) is 0 Å². The highest BCUT2D eigenvalue weighted by atomic mass is 19.4. The molecule has 0 aromatic heterocycles. The first-order valence-electron chi connectivity index (χ1n) is 6.36. The number of hydrogen-bond donors (Lipinski definition) is 0. The summed E-state index contributed by atoms with van der Waals surface area (Å²) in [5.41, 5.74) is -0.169. The van der Waals surface area contributed by atoms with Crippen molar-refractivity contribution in [1.82, 2.24) is 4.90 Å². The molecule has 0 unspecified atom stereocenters. The number of benzene rings is 1. The van der Waals surface area contributed by atoms with Crippen molar-refractivity contribution in [2.75, 3.05) is 13.1 Å². The molecule has 0 aliphatic carbocycles. The van der Waals surface area contributed by atoms with Gasteiger partial charge in [-0.2, -0.15) is 13.2 Å². The highest BCUT2D eigenvalue weighted by Gasteiger charge is 2.32. The molecule has 2 rings (SSSR count). The van der Waals surface area contributed by atoms with Crippen molar-refractivity contribution in [3.05, 3.63) is 34.9 Å². The van der Waals surface area contributed by atoms with Gasteiger partial charge in [0.2, 0.25) is 0 Å². The summed E-state index contributed by atoms with van der Waals surface area (Å²) in [6.07, 6.45) is -1.50. The molecule has 1 amide bonds. The third-order valence-corrected chi connectivity index (χ3v) is 3.29. The Bertz CT molecular complexity index is 476. The molecule has 1 saturated heterocycles. The lowest BCUT2D eigenvalue weighted by atomic mass is 10.0. The number of carbonyl (C=O) groups is 1. The predicted octanol–water partition coefficient (Wildman–Crippen LogP) is 3.64. The lowest BCUT2D eigenvalue weighted by Gasteiger charge is -2.27. The summed E-state index contributed by atoms with van der Waals surface area (Å²) in [6, 6.07) is 3.53. The molecule has 0 spiro atoms. The smallest absolute Gasteiger partial charge is 0.339 e. The lowest BCUT2D eigenvalue weighted by Crippen LogP contribution is -2.35. The summed E-state index contributed by atoms with van der Waals surface area (Å²) in [5, 5.41) is 0. The number of aryl methyl sites for hydroxylation is 1. The predicted molar refractivity (Wildman–Crippen MR) is 65.9 cm³/mol. The maximum absolute atomic E-state index is 12.7. The molecule has 0 atom stereocenters. The van der Waals surface area contributed by atoms with Crippen LogP contribution in [-0.2, 0) is 6.18 Å². The first-order chi connectivity index (χ1) is 8.88. The molecule has 1 aromatic rings. The van der Waals surface area contributed by atoms with Gasteiger partial charge in [-0.05, 0) is 49.9 Å². The molecule has 2 nitrogen and oxygen atoms in total. The zero-order valence-electron chi connectivity index (χ0n) is 10.8. The molecule has 0 N–H and O–H groups in total. The number of carbonyl (C=O) groups excluding carboxylic acids is 1. The van der Waals surface area contributed by atoms with Gasteiger partial charge < -0.3 is 4.90 Å². The monoisotopic (exact) mass is 271 g/mol. The highest BCUT2D eigenvalue weighted by molar-refractivity contribution is 5.94. The van der Waals surface area contributed by atoms with Crippen LogP contribution in [0.4, 0.5) is 13.2 Å². The fourth-order valence-corrected chi connectivity index (χ4v) is 2.35. The van der Waals surface area contributed by atoms with Crippen LogP contribution in [0.2, 0.25) is 0 Å². The molecule has 5 heteroatoms. The normalized spacial score (nSPS) is 16.5. The van der Waals surface area contributed by atoms with Gasteiger partial charge in [-0.15, -0.1) is 0 Å². The number of likely N-dealkylation sites (tertiary alicyclic amines) is 1. The van der Waals surface area contributed by atoms with Gasteiger partial charge in [-0.3, -0.25) is 4.79 Å². The van der Waals surface area contributed by atoms with Gasteiger partial charge in [0.25, 0.3) is 5.91 Å². The van der Waals surface area contributed by atoms with Gasteiger partial charge in [-0.1, -0.05) is 0 Å². The molecule has 104 valence electrons. The summed E-state index contributed by atoms with van der Waals surface area (Å²) in [6.45, 7) is 2.84. The van der Waals surface area contributed by atoms with E-state index in [4.69, 9.17) is 0 Å². The molecule has 0 saturated carbocycles. The van der Waals surface area contributed by atoms with Crippen LogP contribution in [0.1, 0.15) is 40.7 Å². The minimum atomic E-state index is -4.41. The van der Waals surface area contributed by atoms with Crippen LogP contribution < -0.4 is 0 Å². The van der Waals surface area contributed by atoms with Gasteiger partial charge in [0.05, 0.1) is 5.56 Å². The van der Waals surface area contributed by atoms with Gasteiger partial charge in [0.15, 0.2) is 0 Å². The second-order valence-corrected chi connectivity index (χ2v) is 4.94. The van der Waals surface area contributed by atoms with E-state index in [9.17, 15) is 18.0 Å². The summed E-state index contributed by atoms with van der Waals surface area (Å²) in [5.74, 6) is -0.297. The van der Waals surface area contributed by atoms with Crippen molar-refractivity contribution in [1.29, 1.82) is 0 Å². The van der Waals surface area contributed by atoms with Crippen molar-refractivity contribution >= 4 is 5.91 Å². The average molecular weight is 271 g/mol. The molecule has 1 aliphatic rings. The van der Waals surface area contributed by atoms with Gasteiger partial charge in [0, 0.05) is 18.7 Å². The maximum Gasteiger partial charge on any atom is 0.416 e. The topological polar surface area (TPSA) is 20.3 Å². The Morgan fingerprint density at radius 1 is 1.11 bits per heavy atom. The standard InChI is InChI=1S/C14H16F3NO/c1-10-7-11(9-12(8-10)14(15,16)17)13(19)18-5-3-2-4-6-18/h7-9H,2-6H2,1H3.